The zero-order chi connectivity index (χ0) is 21.4. The Bertz CT molecular complexity index is 927. The van der Waals surface area contributed by atoms with Crippen molar-refractivity contribution in [3.63, 3.8) is 0 Å². The molecule has 0 aliphatic rings. The van der Waals surface area contributed by atoms with Gasteiger partial charge in [0.1, 0.15) is 23.1 Å². The van der Waals surface area contributed by atoms with Crippen LogP contribution in [0.5, 0.6) is 11.5 Å². The number of carbonyl (C=O) groups is 3. The van der Waals surface area contributed by atoms with Crippen LogP contribution in [-0.4, -0.2) is 50.0 Å². The van der Waals surface area contributed by atoms with Gasteiger partial charge in [-0.1, -0.05) is 0 Å². The van der Waals surface area contributed by atoms with E-state index in [1.807, 2.05) is 6.07 Å². The number of Topliss-reactive ketones (excluding diaryl/α,β-unsaturated/α-hetero) is 1. The van der Waals surface area contributed by atoms with E-state index in [0.717, 1.165) is 0 Å². The van der Waals surface area contributed by atoms with Crippen LogP contribution in [0, 0.1) is 18.3 Å². The monoisotopic (exact) mass is 417 g/mol. The molecule has 0 spiro atoms. The number of amides is 1. The molecule has 1 N–H and O–H groups in total. The molecule has 1 atom stereocenters. The molecule has 0 saturated carbocycles. The fourth-order valence-electron chi connectivity index (χ4n) is 2.25. The predicted molar refractivity (Wildman–Crippen MR) is 103 cm³/mol. The maximum Gasteiger partial charge on any atom is 0.325 e. The lowest BCUT2D eigenvalue weighted by Crippen LogP contribution is -2.32. The van der Waals surface area contributed by atoms with Crippen LogP contribution in [0.3, 0.4) is 0 Å². The van der Waals surface area contributed by atoms with Gasteiger partial charge in [0.15, 0.2) is 18.3 Å². The van der Waals surface area contributed by atoms with Crippen molar-refractivity contribution in [3.05, 3.63) is 39.8 Å². The highest BCUT2D eigenvalue weighted by molar-refractivity contribution is 7.09. The predicted octanol–water partition coefficient (Wildman–Crippen LogP) is 1.62. The molecular formula is C19H19N3O6S. The van der Waals surface area contributed by atoms with Crippen LogP contribution in [0.1, 0.15) is 27.0 Å². The molecular weight excluding hydrogens is 398 g/mol. The number of ketones is 1. The fraction of sp³-hybridized carbons (Fsp3) is 0.316. The molecule has 0 bridgehead atoms. The number of nitriles is 1. The zero-order valence-electron chi connectivity index (χ0n) is 16.1. The van der Waals surface area contributed by atoms with Gasteiger partial charge in [-0.3, -0.25) is 14.4 Å². The molecule has 2 rings (SSSR count). The quantitative estimate of drug-likeness (QED) is 0.610. The molecule has 29 heavy (non-hydrogen) atoms. The van der Waals surface area contributed by atoms with Crippen molar-refractivity contribution in [1.82, 2.24) is 10.3 Å². The van der Waals surface area contributed by atoms with Crippen molar-refractivity contribution in [1.29, 1.82) is 5.26 Å². The summed E-state index contributed by atoms with van der Waals surface area (Å²) >= 11 is 1.19. The SMILES string of the molecule is COc1cc(OC)cc(C(=O)NCC(=O)OCC(=O)[C@H](C#N)c2nc(C)cs2)c1. The number of aryl methyl sites for hydroxylation is 1. The van der Waals surface area contributed by atoms with Gasteiger partial charge in [0, 0.05) is 22.7 Å². The first-order valence-electron chi connectivity index (χ1n) is 8.39. The number of methoxy groups -OCH3 is 2. The van der Waals surface area contributed by atoms with E-state index in [0.29, 0.717) is 22.2 Å². The number of benzene rings is 1. The molecule has 0 radical (unpaired) electrons. The third-order valence-electron chi connectivity index (χ3n) is 3.72. The third kappa shape index (κ3) is 6.02. The summed E-state index contributed by atoms with van der Waals surface area (Å²) in [6.07, 6.45) is 0. The largest absolute Gasteiger partial charge is 0.497 e. The molecule has 1 heterocycles. The van der Waals surface area contributed by atoms with Crippen LogP contribution >= 0.6 is 11.3 Å². The molecule has 10 heteroatoms. The number of aromatic nitrogens is 1. The van der Waals surface area contributed by atoms with Crippen LogP contribution < -0.4 is 14.8 Å². The summed E-state index contributed by atoms with van der Waals surface area (Å²) in [6, 6.07) is 6.44. The highest BCUT2D eigenvalue weighted by atomic mass is 32.1. The summed E-state index contributed by atoms with van der Waals surface area (Å²) in [5.41, 5.74) is 0.931. The summed E-state index contributed by atoms with van der Waals surface area (Å²) < 4.78 is 15.0. The second-order valence-electron chi connectivity index (χ2n) is 5.80. The number of nitrogens with zero attached hydrogens (tertiary/aromatic N) is 2. The minimum atomic E-state index is -1.10. The molecule has 0 aliphatic carbocycles. The van der Waals surface area contributed by atoms with Crippen LogP contribution in [0.4, 0.5) is 0 Å². The molecule has 152 valence electrons. The van der Waals surface area contributed by atoms with E-state index in [9.17, 15) is 19.6 Å². The van der Waals surface area contributed by atoms with Gasteiger partial charge in [-0.05, 0) is 19.1 Å². The topological polar surface area (TPSA) is 128 Å². The van der Waals surface area contributed by atoms with Crippen molar-refractivity contribution in [2.45, 2.75) is 12.8 Å². The number of nitrogens with one attached hydrogen (secondary N) is 1. The first-order chi connectivity index (χ1) is 13.9. The second kappa shape index (κ2) is 10.2. The lowest BCUT2D eigenvalue weighted by Gasteiger charge is -2.10. The summed E-state index contributed by atoms with van der Waals surface area (Å²) in [6.45, 7) is 0.720. The Morgan fingerprint density at radius 2 is 1.86 bits per heavy atom. The maximum absolute atomic E-state index is 12.2. The average molecular weight is 417 g/mol. The van der Waals surface area contributed by atoms with E-state index >= 15 is 0 Å². The number of hydrogen-bond acceptors (Lipinski definition) is 9. The van der Waals surface area contributed by atoms with Crippen LogP contribution in [-0.2, 0) is 14.3 Å². The van der Waals surface area contributed by atoms with Crippen molar-refractivity contribution in [2.75, 3.05) is 27.4 Å². The van der Waals surface area contributed by atoms with Gasteiger partial charge in [0.25, 0.3) is 5.91 Å². The van der Waals surface area contributed by atoms with E-state index in [2.05, 4.69) is 10.3 Å². The molecule has 1 aromatic carbocycles. The highest BCUT2D eigenvalue weighted by Crippen LogP contribution is 2.22. The fourth-order valence-corrected chi connectivity index (χ4v) is 3.11. The zero-order valence-corrected chi connectivity index (χ0v) is 16.9. The number of esters is 1. The smallest absolute Gasteiger partial charge is 0.325 e. The van der Waals surface area contributed by atoms with Gasteiger partial charge in [-0.25, -0.2) is 4.98 Å². The van der Waals surface area contributed by atoms with Crippen molar-refractivity contribution >= 4 is 29.0 Å². The normalized spacial score (nSPS) is 11.1. The van der Waals surface area contributed by atoms with Crippen LogP contribution in [0.15, 0.2) is 23.6 Å². The number of rotatable bonds is 9. The lowest BCUT2D eigenvalue weighted by atomic mass is 10.1. The van der Waals surface area contributed by atoms with E-state index < -0.39 is 36.7 Å². The van der Waals surface area contributed by atoms with Gasteiger partial charge in [-0.15, -0.1) is 11.3 Å². The van der Waals surface area contributed by atoms with Gasteiger partial charge < -0.3 is 19.5 Å². The minimum absolute atomic E-state index is 0.230. The van der Waals surface area contributed by atoms with E-state index in [1.165, 1.54) is 37.7 Å². The number of carbonyl (C=O) groups excluding carboxylic acids is 3. The molecule has 1 amide bonds. The van der Waals surface area contributed by atoms with Crippen molar-refractivity contribution < 1.29 is 28.6 Å². The van der Waals surface area contributed by atoms with Gasteiger partial charge in [-0.2, -0.15) is 5.26 Å². The summed E-state index contributed by atoms with van der Waals surface area (Å²) in [5.74, 6) is -2.20. The lowest BCUT2D eigenvalue weighted by molar-refractivity contribution is -0.146. The Kier molecular flexibility index (Phi) is 7.68. The molecule has 1 aromatic heterocycles. The molecule has 0 saturated heterocycles. The van der Waals surface area contributed by atoms with Gasteiger partial charge in [0.05, 0.1) is 20.3 Å². The van der Waals surface area contributed by atoms with E-state index in [-0.39, 0.29) is 5.56 Å². The van der Waals surface area contributed by atoms with Crippen LogP contribution in [0.25, 0.3) is 0 Å². The first-order valence-corrected chi connectivity index (χ1v) is 9.27. The first kappa shape index (κ1) is 21.8. The Morgan fingerprint density at radius 3 is 2.38 bits per heavy atom. The standard InChI is InChI=1S/C19H19N3O6S/c1-11-10-29-19(22-11)15(7-20)16(23)9-28-17(24)8-21-18(25)12-4-13(26-2)6-14(5-12)27-3/h4-6,10,15H,8-9H2,1-3H3,(H,21,25)/t15-/m0/s1. The average Bonchev–Trinajstić information content (AvgIpc) is 3.16. The number of hydrogen-bond donors (Lipinski definition) is 1. The number of thiazole rings is 1. The van der Waals surface area contributed by atoms with Crippen LogP contribution in [0.2, 0.25) is 0 Å². The maximum atomic E-state index is 12.2. The van der Waals surface area contributed by atoms with Gasteiger partial charge in [0.2, 0.25) is 0 Å². The van der Waals surface area contributed by atoms with E-state index in [1.54, 1.807) is 18.4 Å². The minimum Gasteiger partial charge on any atom is -0.497 e. The van der Waals surface area contributed by atoms with Gasteiger partial charge >= 0.3 is 5.97 Å². The highest BCUT2D eigenvalue weighted by Gasteiger charge is 2.24. The summed E-state index contributed by atoms with van der Waals surface area (Å²) in [7, 11) is 2.90. The number of ether oxygens (including phenoxy) is 3. The van der Waals surface area contributed by atoms with Crippen molar-refractivity contribution in [3.8, 4) is 17.6 Å². The second-order valence-corrected chi connectivity index (χ2v) is 6.69. The molecule has 0 unspecified atom stereocenters. The summed E-state index contributed by atoms with van der Waals surface area (Å²) in [4.78, 5) is 40.3. The molecule has 0 fully saturated rings. The third-order valence-corrected chi connectivity index (χ3v) is 4.74. The van der Waals surface area contributed by atoms with Crippen molar-refractivity contribution in [2.24, 2.45) is 0 Å². The summed E-state index contributed by atoms with van der Waals surface area (Å²) in [5, 5.41) is 13.7. The molecule has 9 nitrogen and oxygen atoms in total. The molecule has 2 aromatic rings. The Labute approximate surface area is 171 Å². The van der Waals surface area contributed by atoms with E-state index in [4.69, 9.17) is 14.2 Å². The Balaban J connectivity index is 1.87. The molecule has 0 aliphatic heterocycles. The Morgan fingerprint density at radius 1 is 1.21 bits per heavy atom. The Hall–Kier alpha value is -3.45.